The maximum Gasteiger partial charge on any atom is 0.416 e. The van der Waals surface area contributed by atoms with E-state index in [-0.39, 0.29) is 29.5 Å². The molecule has 1 atom stereocenters. The number of alkyl halides is 3. The quantitative estimate of drug-likeness (QED) is 0.779. The van der Waals surface area contributed by atoms with Gasteiger partial charge in [-0.2, -0.15) is 21.9 Å². The van der Waals surface area contributed by atoms with Gasteiger partial charge in [-0.1, -0.05) is 12.1 Å². The van der Waals surface area contributed by atoms with Gasteiger partial charge in [-0.3, -0.25) is 9.59 Å². The van der Waals surface area contributed by atoms with Gasteiger partial charge in [0.05, 0.1) is 23.5 Å². The Morgan fingerprint density at radius 1 is 1.20 bits per heavy atom. The average molecular weight is 369 g/mol. The highest BCUT2D eigenvalue weighted by Gasteiger charge is 2.32. The number of aromatic nitrogens is 2. The smallest absolute Gasteiger partial charge is 0.336 e. The lowest BCUT2D eigenvalue weighted by atomic mass is 9.89. The minimum Gasteiger partial charge on any atom is -0.336 e. The molecule has 0 bridgehead atoms. The van der Waals surface area contributed by atoms with Crippen molar-refractivity contribution in [3.05, 3.63) is 47.3 Å². The van der Waals surface area contributed by atoms with Crippen molar-refractivity contribution in [2.75, 3.05) is 13.1 Å². The number of likely N-dealkylation sites (tertiary alicyclic amines) is 1. The average Bonchev–Trinajstić information content (AvgIpc) is 3.14. The summed E-state index contributed by atoms with van der Waals surface area (Å²) < 4.78 is 45.5. The van der Waals surface area contributed by atoms with Crippen LogP contribution >= 0.6 is 11.7 Å². The molecule has 1 aliphatic rings. The van der Waals surface area contributed by atoms with Crippen LogP contribution in [-0.2, 0) is 6.18 Å². The molecule has 2 aromatic rings. The van der Waals surface area contributed by atoms with Gasteiger partial charge in [-0.05, 0) is 25.0 Å². The Morgan fingerprint density at radius 2 is 1.92 bits per heavy atom. The maximum atomic E-state index is 12.6. The Labute approximate surface area is 145 Å². The lowest BCUT2D eigenvalue weighted by molar-refractivity contribution is -0.137. The van der Waals surface area contributed by atoms with Crippen molar-refractivity contribution in [3.63, 3.8) is 0 Å². The van der Waals surface area contributed by atoms with Gasteiger partial charge in [-0.25, -0.2) is 0 Å². The van der Waals surface area contributed by atoms with E-state index in [1.165, 1.54) is 18.3 Å². The third-order valence-corrected chi connectivity index (χ3v) is 4.63. The van der Waals surface area contributed by atoms with Crippen LogP contribution in [0, 0.1) is 5.92 Å². The fourth-order valence-electron chi connectivity index (χ4n) is 2.86. The Hall–Kier alpha value is -2.29. The van der Waals surface area contributed by atoms with Crippen LogP contribution < -0.4 is 0 Å². The summed E-state index contributed by atoms with van der Waals surface area (Å²) in [5.41, 5.74) is -0.323. The molecule has 0 spiro atoms. The monoisotopic (exact) mass is 369 g/mol. The number of amides is 1. The fourth-order valence-corrected chi connectivity index (χ4v) is 3.26. The first-order valence-corrected chi connectivity index (χ1v) is 8.37. The van der Waals surface area contributed by atoms with E-state index in [0.29, 0.717) is 19.4 Å². The molecule has 3 rings (SSSR count). The highest BCUT2D eigenvalue weighted by atomic mass is 32.1. The zero-order valence-corrected chi connectivity index (χ0v) is 13.8. The molecule has 0 radical (unpaired) electrons. The van der Waals surface area contributed by atoms with Gasteiger partial charge >= 0.3 is 6.18 Å². The number of carbonyl (C=O) groups excluding carboxylic acids is 2. The molecule has 0 saturated carbocycles. The molecule has 1 aliphatic heterocycles. The summed E-state index contributed by atoms with van der Waals surface area (Å²) in [7, 11) is 0. The van der Waals surface area contributed by atoms with Gasteiger partial charge in [0.2, 0.25) is 0 Å². The van der Waals surface area contributed by atoms with Crippen LogP contribution in [-0.4, -0.2) is 38.4 Å². The molecule has 1 aromatic heterocycles. The van der Waals surface area contributed by atoms with Crippen molar-refractivity contribution < 1.29 is 22.8 Å². The van der Waals surface area contributed by atoms with Crippen molar-refractivity contribution in [1.82, 2.24) is 13.6 Å². The van der Waals surface area contributed by atoms with Crippen LogP contribution in [0.25, 0.3) is 0 Å². The van der Waals surface area contributed by atoms with Crippen molar-refractivity contribution in [2.24, 2.45) is 5.92 Å². The first-order valence-electron chi connectivity index (χ1n) is 7.64. The number of nitrogens with zero attached hydrogens (tertiary/aromatic N) is 3. The van der Waals surface area contributed by atoms with E-state index in [1.807, 2.05) is 0 Å². The summed E-state index contributed by atoms with van der Waals surface area (Å²) in [6.07, 6.45) is -1.80. The summed E-state index contributed by atoms with van der Waals surface area (Å²) in [4.78, 5) is 26.4. The molecular weight excluding hydrogens is 355 g/mol. The Bertz CT molecular complexity index is 760. The number of carbonyl (C=O) groups is 2. The molecule has 0 aliphatic carbocycles. The fraction of sp³-hybridized carbons (Fsp3) is 0.375. The molecule has 25 heavy (non-hydrogen) atoms. The lowest BCUT2D eigenvalue weighted by Gasteiger charge is -2.31. The molecule has 1 saturated heterocycles. The molecule has 132 valence electrons. The van der Waals surface area contributed by atoms with Crippen LogP contribution in [0.2, 0.25) is 0 Å². The van der Waals surface area contributed by atoms with E-state index in [1.54, 1.807) is 4.90 Å². The number of ketones is 1. The predicted octanol–water partition coefficient (Wildman–Crippen LogP) is 3.29. The molecule has 1 amide bonds. The Balaban J connectivity index is 1.70. The van der Waals surface area contributed by atoms with E-state index in [9.17, 15) is 22.8 Å². The van der Waals surface area contributed by atoms with Crippen LogP contribution in [0.1, 0.15) is 39.3 Å². The third kappa shape index (κ3) is 3.87. The van der Waals surface area contributed by atoms with Crippen LogP contribution in [0.15, 0.2) is 30.5 Å². The number of halogens is 3. The maximum absolute atomic E-state index is 12.6. The zero-order valence-electron chi connectivity index (χ0n) is 13.0. The van der Waals surface area contributed by atoms with E-state index >= 15 is 0 Å². The van der Waals surface area contributed by atoms with E-state index in [2.05, 4.69) is 8.75 Å². The van der Waals surface area contributed by atoms with Crippen LogP contribution in [0.3, 0.4) is 0 Å². The second-order valence-corrected chi connectivity index (χ2v) is 6.38. The second-order valence-electron chi connectivity index (χ2n) is 5.82. The number of Topliss-reactive ketones (excluding diaryl/α,β-unsaturated/α-hetero) is 1. The third-order valence-electron chi connectivity index (χ3n) is 4.16. The van der Waals surface area contributed by atoms with Gasteiger partial charge < -0.3 is 4.90 Å². The number of rotatable bonds is 3. The van der Waals surface area contributed by atoms with E-state index < -0.39 is 17.7 Å². The number of hydrogen-bond acceptors (Lipinski definition) is 5. The SMILES string of the molecule is O=C(c1ccc(C(F)(F)F)cc1)[C@@H]1CCCN(C(=O)c2cnsn2)C1. The van der Waals surface area contributed by atoms with Crippen molar-refractivity contribution in [2.45, 2.75) is 19.0 Å². The first-order chi connectivity index (χ1) is 11.9. The summed E-state index contributed by atoms with van der Waals surface area (Å²) in [6.45, 7) is 0.753. The zero-order chi connectivity index (χ0) is 18.0. The van der Waals surface area contributed by atoms with Crippen molar-refractivity contribution in [1.29, 1.82) is 0 Å². The van der Waals surface area contributed by atoms with Crippen molar-refractivity contribution >= 4 is 23.4 Å². The molecule has 0 unspecified atom stereocenters. The van der Waals surface area contributed by atoms with E-state index in [4.69, 9.17) is 0 Å². The molecular formula is C16H14F3N3O2S. The molecule has 0 N–H and O–H groups in total. The highest BCUT2D eigenvalue weighted by Crippen LogP contribution is 2.30. The summed E-state index contributed by atoms with van der Waals surface area (Å²) in [5.74, 6) is -0.956. The highest BCUT2D eigenvalue weighted by molar-refractivity contribution is 6.99. The van der Waals surface area contributed by atoms with Gasteiger partial charge in [0, 0.05) is 24.6 Å². The lowest BCUT2D eigenvalue weighted by Crippen LogP contribution is -2.42. The van der Waals surface area contributed by atoms with Gasteiger partial charge in [0.1, 0.15) is 0 Å². The first kappa shape index (κ1) is 17.5. The normalized spacial score (nSPS) is 18.2. The predicted molar refractivity (Wildman–Crippen MR) is 84.3 cm³/mol. The van der Waals surface area contributed by atoms with Crippen molar-refractivity contribution in [3.8, 4) is 0 Å². The van der Waals surface area contributed by atoms with Crippen LogP contribution in [0.5, 0.6) is 0 Å². The summed E-state index contributed by atoms with van der Waals surface area (Å²) in [5, 5.41) is 0. The number of hydrogen-bond donors (Lipinski definition) is 0. The standard InChI is InChI=1S/C16H14F3N3O2S/c17-16(18,19)12-5-3-10(4-6-12)14(23)11-2-1-7-22(9-11)15(24)13-8-20-25-21-13/h3-6,8,11H,1-2,7,9H2/t11-/m1/s1. The minimum atomic E-state index is -4.43. The van der Waals surface area contributed by atoms with Crippen LogP contribution in [0.4, 0.5) is 13.2 Å². The Kier molecular flexibility index (Phi) is 4.85. The van der Waals surface area contributed by atoms with Gasteiger partial charge in [0.25, 0.3) is 5.91 Å². The summed E-state index contributed by atoms with van der Waals surface area (Å²) in [6, 6.07) is 4.19. The van der Waals surface area contributed by atoms with Gasteiger partial charge in [-0.15, -0.1) is 0 Å². The molecule has 2 heterocycles. The minimum absolute atomic E-state index is 0.225. The molecule has 1 aromatic carbocycles. The van der Waals surface area contributed by atoms with Gasteiger partial charge in [0.15, 0.2) is 11.5 Å². The topological polar surface area (TPSA) is 63.2 Å². The number of benzene rings is 1. The molecule has 9 heteroatoms. The molecule has 5 nitrogen and oxygen atoms in total. The second kappa shape index (κ2) is 6.91. The molecule has 1 fully saturated rings. The summed E-state index contributed by atoms with van der Waals surface area (Å²) >= 11 is 0.933. The number of piperidine rings is 1. The Morgan fingerprint density at radius 3 is 2.52 bits per heavy atom. The largest absolute Gasteiger partial charge is 0.416 e. The van der Waals surface area contributed by atoms with E-state index in [0.717, 1.165) is 23.9 Å².